The van der Waals surface area contributed by atoms with E-state index in [1.165, 1.54) is 23.5 Å². The molecule has 0 bridgehead atoms. The third-order valence-electron chi connectivity index (χ3n) is 3.73. The molecule has 1 aromatic heterocycles. The van der Waals surface area contributed by atoms with E-state index in [-0.39, 0.29) is 0 Å². The summed E-state index contributed by atoms with van der Waals surface area (Å²) in [6, 6.07) is 2.14. The molecule has 3 atom stereocenters. The van der Waals surface area contributed by atoms with Crippen molar-refractivity contribution in [3.63, 3.8) is 0 Å². The Labute approximate surface area is 95.3 Å². The maximum Gasteiger partial charge on any atom is 0.0898 e. The van der Waals surface area contributed by atoms with Crippen LogP contribution in [0.1, 0.15) is 43.4 Å². The number of hydrogen-bond donors (Lipinski definition) is 0. The van der Waals surface area contributed by atoms with Crippen molar-refractivity contribution in [1.82, 2.24) is 9.88 Å². The highest BCUT2D eigenvalue weighted by Gasteiger charge is 2.53. The monoisotopic (exact) mass is 222 g/mol. The van der Waals surface area contributed by atoms with Crippen LogP contribution in [0.5, 0.6) is 0 Å². The minimum Gasteiger partial charge on any atom is -0.289 e. The highest BCUT2D eigenvalue weighted by Crippen LogP contribution is 2.54. The molecule has 0 spiro atoms. The number of aryl methyl sites for hydroxylation is 1. The molecular weight excluding hydrogens is 204 g/mol. The van der Waals surface area contributed by atoms with Gasteiger partial charge in [-0.05, 0) is 39.5 Å². The van der Waals surface area contributed by atoms with Crippen molar-refractivity contribution < 1.29 is 0 Å². The first-order chi connectivity index (χ1) is 7.16. The summed E-state index contributed by atoms with van der Waals surface area (Å²) in [5, 5.41) is 3.45. The number of piperidine rings is 1. The summed E-state index contributed by atoms with van der Waals surface area (Å²) in [5.74, 6) is 0.972. The lowest BCUT2D eigenvalue weighted by Gasteiger charge is -2.29. The van der Waals surface area contributed by atoms with Gasteiger partial charge in [0.05, 0.1) is 16.7 Å². The molecule has 1 saturated heterocycles. The Hall–Kier alpha value is -0.410. The first-order valence-electron chi connectivity index (χ1n) is 5.86. The second-order valence-corrected chi connectivity index (χ2v) is 6.21. The van der Waals surface area contributed by atoms with Gasteiger partial charge in [-0.3, -0.25) is 4.90 Å². The van der Waals surface area contributed by atoms with Crippen LogP contribution in [0.25, 0.3) is 0 Å². The predicted molar refractivity (Wildman–Crippen MR) is 63.1 cm³/mol. The molecule has 2 aliphatic rings. The van der Waals surface area contributed by atoms with Gasteiger partial charge in [0, 0.05) is 17.5 Å². The number of thiazole rings is 1. The second-order valence-electron chi connectivity index (χ2n) is 5.15. The average Bonchev–Trinajstić information content (AvgIpc) is 2.65. The van der Waals surface area contributed by atoms with Crippen molar-refractivity contribution >= 4 is 11.3 Å². The molecule has 1 aliphatic heterocycles. The smallest absolute Gasteiger partial charge is 0.0898 e. The number of hydrogen-bond acceptors (Lipinski definition) is 3. The first kappa shape index (κ1) is 9.79. The normalized spacial score (nSPS) is 34.8. The summed E-state index contributed by atoms with van der Waals surface area (Å²) in [6.45, 7) is 6.73. The zero-order chi connectivity index (χ0) is 10.6. The van der Waals surface area contributed by atoms with Gasteiger partial charge < -0.3 is 0 Å². The zero-order valence-electron chi connectivity index (χ0n) is 9.60. The third-order valence-corrected chi connectivity index (χ3v) is 4.52. The average molecular weight is 222 g/mol. The zero-order valence-corrected chi connectivity index (χ0v) is 10.4. The molecule has 0 radical (unpaired) electrons. The topological polar surface area (TPSA) is 16.1 Å². The van der Waals surface area contributed by atoms with E-state index in [0.29, 0.717) is 12.1 Å². The molecule has 1 aromatic rings. The van der Waals surface area contributed by atoms with Crippen LogP contribution in [-0.2, 0) is 0 Å². The Bertz CT molecular complexity index is 371. The predicted octanol–water partition coefficient (Wildman–Crippen LogP) is 3.00. The Morgan fingerprint density at radius 3 is 2.87 bits per heavy atom. The number of likely N-dealkylation sites (tertiary alicyclic amines) is 1. The maximum atomic E-state index is 4.66. The van der Waals surface area contributed by atoms with Crippen LogP contribution in [0.15, 0.2) is 5.38 Å². The van der Waals surface area contributed by atoms with E-state index >= 15 is 0 Å². The largest absolute Gasteiger partial charge is 0.289 e. The van der Waals surface area contributed by atoms with E-state index in [9.17, 15) is 0 Å². The van der Waals surface area contributed by atoms with Gasteiger partial charge in [0.15, 0.2) is 0 Å². The van der Waals surface area contributed by atoms with Crippen LogP contribution in [0.3, 0.4) is 0 Å². The quantitative estimate of drug-likeness (QED) is 0.764. The van der Waals surface area contributed by atoms with E-state index in [2.05, 4.69) is 36.0 Å². The fourth-order valence-electron chi connectivity index (χ4n) is 3.04. The molecule has 3 heteroatoms. The summed E-state index contributed by atoms with van der Waals surface area (Å²) in [5.41, 5.74) is 1.32. The SMILES string of the molecule is Cc1nc(C2CC3CC3N2C(C)C)cs1. The summed E-state index contributed by atoms with van der Waals surface area (Å²) >= 11 is 1.78. The molecule has 2 nitrogen and oxygen atoms in total. The highest BCUT2D eigenvalue weighted by atomic mass is 32.1. The van der Waals surface area contributed by atoms with Crippen molar-refractivity contribution in [2.75, 3.05) is 0 Å². The summed E-state index contributed by atoms with van der Waals surface area (Å²) in [7, 11) is 0. The summed E-state index contributed by atoms with van der Waals surface area (Å²) in [6.07, 6.45) is 2.77. The molecule has 2 fully saturated rings. The van der Waals surface area contributed by atoms with Crippen molar-refractivity contribution in [2.24, 2.45) is 5.92 Å². The Morgan fingerprint density at radius 2 is 2.27 bits per heavy atom. The van der Waals surface area contributed by atoms with Crippen molar-refractivity contribution in [2.45, 2.75) is 51.7 Å². The van der Waals surface area contributed by atoms with Crippen molar-refractivity contribution in [3.05, 3.63) is 16.1 Å². The van der Waals surface area contributed by atoms with E-state index in [0.717, 1.165) is 12.0 Å². The molecule has 82 valence electrons. The molecule has 1 aliphatic carbocycles. The van der Waals surface area contributed by atoms with Crippen LogP contribution < -0.4 is 0 Å². The van der Waals surface area contributed by atoms with Crippen LogP contribution in [0.2, 0.25) is 0 Å². The minimum absolute atomic E-state index is 0.610. The van der Waals surface area contributed by atoms with Gasteiger partial charge >= 0.3 is 0 Å². The van der Waals surface area contributed by atoms with Crippen LogP contribution in [-0.4, -0.2) is 22.0 Å². The molecule has 3 unspecified atom stereocenters. The van der Waals surface area contributed by atoms with Gasteiger partial charge in [-0.25, -0.2) is 4.98 Å². The van der Waals surface area contributed by atoms with Crippen LogP contribution >= 0.6 is 11.3 Å². The Balaban J connectivity index is 1.87. The van der Waals surface area contributed by atoms with Gasteiger partial charge in [-0.2, -0.15) is 0 Å². The molecule has 0 N–H and O–H groups in total. The number of nitrogens with zero attached hydrogens (tertiary/aromatic N) is 2. The molecule has 0 amide bonds. The van der Waals surface area contributed by atoms with E-state index in [1.54, 1.807) is 11.3 Å². The molecule has 3 rings (SSSR count). The van der Waals surface area contributed by atoms with Crippen LogP contribution in [0, 0.1) is 12.8 Å². The third kappa shape index (κ3) is 1.53. The Morgan fingerprint density at radius 1 is 1.47 bits per heavy atom. The number of rotatable bonds is 2. The van der Waals surface area contributed by atoms with Crippen molar-refractivity contribution in [1.29, 1.82) is 0 Å². The van der Waals surface area contributed by atoms with Gasteiger partial charge in [0.25, 0.3) is 0 Å². The van der Waals surface area contributed by atoms with Crippen LogP contribution in [0.4, 0.5) is 0 Å². The highest BCUT2D eigenvalue weighted by molar-refractivity contribution is 7.09. The standard InChI is InChI=1S/C12H18N2S/c1-7(2)14-11-4-9(11)5-12(14)10-6-15-8(3)13-10/h6-7,9,11-12H,4-5H2,1-3H3. The van der Waals surface area contributed by atoms with Gasteiger partial charge in [0.1, 0.15) is 0 Å². The lowest BCUT2D eigenvalue weighted by Crippen LogP contribution is -2.33. The lowest BCUT2D eigenvalue weighted by molar-refractivity contribution is 0.169. The fourth-order valence-corrected chi connectivity index (χ4v) is 3.70. The molecule has 15 heavy (non-hydrogen) atoms. The molecule has 2 heterocycles. The minimum atomic E-state index is 0.610. The Kier molecular flexibility index (Phi) is 2.15. The lowest BCUT2D eigenvalue weighted by atomic mass is 10.1. The van der Waals surface area contributed by atoms with E-state index in [1.807, 2.05) is 0 Å². The second kappa shape index (κ2) is 3.29. The van der Waals surface area contributed by atoms with Crippen molar-refractivity contribution in [3.8, 4) is 0 Å². The molecule has 1 saturated carbocycles. The van der Waals surface area contributed by atoms with E-state index < -0.39 is 0 Å². The first-order valence-corrected chi connectivity index (χ1v) is 6.74. The van der Waals surface area contributed by atoms with E-state index in [4.69, 9.17) is 0 Å². The number of fused-ring (bicyclic) bond motifs is 1. The maximum absolute atomic E-state index is 4.66. The molecular formula is C12H18N2S. The summed E-state index contributed by atoms with van der Waals surface area (Å²) in [4.78, 5) is 7.34. The van der Waals surface area contributed by atoms with Gasteiger partial charge in [-0.1, -0.05) is 0 Å². The van der Waals surface area contributed by atoms with Gasteiger partial charge in [0.2, 0.25) is 0 Å². The number of aromatic nitrogens is 1. The summed E-state index contributed by atoms with van der Waals surface area (Å²) < 4.78 is 0. The van der Waals surface area contributed by atoms with Gasteiger partial charge in [-0.15, -0.1) is 11.3 Å². The fraction of sp³-hybridized carbons (Fsp3) is 0.750. The molecule has 0 aromatic carbocycles.